The van der Waals surface area contributed by atoms with Gasteiger partial charge in [0.25, 0.3) is 0 Å². The van der Waals surface area contributed by atoms with E-state index in [0.717, 1.165) is 11.8 Å². The van der Waals surface area contributed by atoms with Crippen molar-refractivity contribution in [3.05, 3.63) is 47.0 Å². The molecular formula is C19H21ClN2O5S. The van der Waals surface area contributed by atoms with Crippen LogP contribution < -0.4 is 19.1 Å². The molecule has 0 fully saturated rings. The lowest BCUT2D eigenvalue weighted by Crippen LogP contribution is -2.31. The number of amides is 1. The molecule has 0 saturated heterocycles. The molecule has 1 N–H and O–H groups in total. The molecule has 0 spiro atoms. The molecule has 1 amide bonds. The number of nitrogens with one attached hydrogen (secondary N) is 1. The van der Waals surface area contributed by atoms with E-state index in [4.69, 9.17) is 21.1 Å². The number of rotatable bonds is 7. The molecule has 0 aliphatic carbocycles. The maximum atomic E-state index is 12.2. The summed E-state index contributed by atoms with van der Waals surface area (Å²) in [7, 11) is -3.51. The second-order valence-electron chi connectivity index (χ2n) is 6.49. The zero-order valence-electron chi connectivity index (χ0n) is 15.6. The molecule has 3 rings (SSSR count). The second-order valence-corrected chi connectivity index (χ2v) is 8.80. The molecule has 7 nitrogen and oxygen atoms in total. The summed E-state index contributed by atoms with van der Waals surface area (Å²) < 4.78 is 36.2. The zero-order chi connectivity index (χ0) is 20.3. The van der Waals surface area contributed by atoms with Crippen molar-refractivity contribution in [1.29, 1.82) is 0 Å². The van der Waals surface area contributed by atoms with Gasteiger partial charge >= 0.3 is 0 Å². The Morgan fingerprint density at radius 3 is 2.64 bits per heavy atom. The normalized spacial score (nSPS) is 12.7. The smallest absolute Gasteiger partial charge is 0.232 e. The van der Waals surface area contributed by atoms with Gasteiger partial charge in [0, 0.05) is 29.7 Å². The molecule has 28 heavy (non-hydrogen) atoms. The van der Waals surface area contributed by atoms with Crippen LogP contribution >= 0.6 is 11.6 Å². The fourth-order valence-corrected chi connectivity index (χ4v) is 3.94. The molecule has 0 bridgehead atoms. The van der Waals surface area contributed by atoms with Gasteiger partial charge < -0.3 is 14.8 Å². The topological polar surface area (TPSA) is 84.9 Å². The highest BCUT2D eigenvalue weighted by molar-refractivity contribution is 7.92. The van der Waals surface area contributed by atoms with Crippen LogP contribution in [0.15, 0.2) is 36.4 Å². The van der Waals surface area contributed by atoms with Crippen molar-refractivity contribution in [2.24, 2.45) is 0 Å². The van der Waals surface area contributed by atoms with Gasteiger partial charge in [-0.05, 0) is 43.2 Å². The quantitative estimate of drug-likeness (QED) is 0.734. The predicted octanol–water partition coefficient (Wildman–Crippen LogP) is 3.56. The molecule has 2 aromatic carbocycles. The van der Waals surface area contributed by atoms with Crippen molar-refractivity contribution in [2.75, 3.05) is 29.2 Å². The Morgan fingerprint density at radius 2 is 1.93 bits per heavy atom. The minimum Gasteiger partial charge on any atom is -0.454 e. The lowest BCUT2D eigenvalue weighted by atomic mass is 10.2. The van der Waals surface area contributed by atoms with Crippen molar-refractivity contribution >= 4 is 38.9 Å². The fourth-order valence-electron chi connectivity index (χ4n) is 2.80. The van der Waals surface area contributed by atoms with Gasteiger partial charge in [0.2, 0.25) is 22.7 Å². The Balaban J connectivity index is 1.61. The summed E-state index contributed by atoms with van der Waals surface area (Å²) in [5.74, 6) is 0.868. The second kappa shape index (κ2) is 8.28. The minimum absolute atomic E-state index is 0.112. The molecular weight excluding hydrogens is 404 g/mol. The van der Waals surface area contributed by atoms with E-state index in [9.17, 15) is 13.2 Å². The molecule has 0 unspecified atom stereocenters. The zero-order valence-corrected chi connectivity index (χ0v) is 17.1. The standard InChI is InChI=1S/C19H21ClN2O5S/c1-13-5-6-14(10-16(13)20)21-19(23)4-3-9-22(28(2,24)25)15-7-8-17-18(11-15)27-12-26-17/h5-8,10-11H,3-4,9,12H2,1-2H3,(H,21,23). The van der Waals surface area contributed by atoms with Crippen LogP contribution in [-0.2, 0) is 14.8 Å². The lowest BCUT2D eigenvalue weighted by molar-refractivity contribution is -0.116. The van der Waals surface area contributed by atoms with Crippen molar-refractivity contribution < 1.29 is 22.7 Å². The van der Waals surface area contributed by atoms with Gasteiger partial charge in [-0.1, -0.05) is 17.7 Å². The number of anilines is 2. The number of fused-ring (bicyclic) bond motifs is 1. The van der Waals surface area contributed by atoms with Crippen molar-refractivity contribution in [2.45, 2.75) is 19.8 Å². The van der Waals surface area contributed by atoms with Crippen molar-refractivity contribution in [3.8, 4) is 11.5 Å². The summed E-state index contributed by atoms with van der Waals surface area (Å²) in [4.78, 5) is 12.2. The van der Waals surface area contributed by atoms with Crippen LogP contribution in [0.2, 0.25) is 5.02 Å². The lowest BCUT2D eigenvalue weighted by Gasteiger charge is -2.22. The molecule has 0 atom stereocenters. The summed E-state index contributed by atoms with van der Waals surface area (Å²) in [5.41, 5.74) is 2.00. The van der Waals surface area contributed by atoms with Crippen LogP contribution in [0.25, 0.3) is 0 Å². The fraction of sp³-hybridized carbons (Fsp3) is 0.316. The number of sulfonamides is 1. The maximum Gasteiger partial charge on any atom is 0.232 e. The Hall–Kier alpha value is -2.45. The Kier molecular flexibility index (Phi) is 6.00. The van der Waals surface area contributed by atoms with E-state index in [2.05, 4.69) is 5.32 Å². The van der Waals surface area contributed by atoms with Gasteiger partial charge in [0.15, 0.2) is 11.5 Å². The van der Waals surface area contributed by atoms with Crippen LogP contribution in [0.5, 0.6) is 11.5 Å². The summed E-state index contributed by atoms with van der Waals surface area (Å²) in [6, 6.07) is 10.2. The van der Waals surface area contributed by atoms with Crippen LogP contribution in [0.1, 0.15) is 18.4 Å². The molecule has 0 aromatic heterocycles. The van der Waals surface area contributed by atoms with Gasteiger partial charge in [0.05, 0.1) is 11.9 Å². The molecule has 0 radical (unpaired) electrons. The van der Waals surface area contributed by atoms with Crippen LogP contribution in [0, 0.1) is 6.92 Å². The van der Waals surface area contributed by atoms with E-state index >= 15 is 0 Å². The SMILES string of the molecule is Cc1ccc(NC(=O)CCCN(c2ccc3c(c2)OCO3)S(C)(=O)=O)cc1Cl. The summed E-state index contributed by atoms with van der Waals surface area (Å²) in [5, 5.41) is 3.34. The summed E-state index contributed by atoms with van der Waals surface area (Å²) >= 11 is 6.06. The number of hydrogen-bond acceptors (Lipinski definition) is 5. The average molecular weight is 425 g/mol. The number of aryl methyl sites for hydroxylation is 1. The Bertz CT molecular complexity index is 994. The molecule has 1 aliphatic rings. The predicted molar refractivity (Wildman–Crippen MR) is 109 cm³/mol. The third kappa shape index (κ3) is 4.88. The minimum atomic E-state index is -3.51. The highest BCUT2D eigenvalue weighted by Crippen LogP contribution is 2.36. The first-order valence-corrected chi connectivity index (χ1v) is 10.9. The van der Waals surface area contributed by atoms with Gasteiger partial charge in [-0.15, -0.1) is 0 Å². The van der Waals surface area contributed by atoms with Gasteiger partial charge in [0.1, 0.15) is 0 Å². The van der Waals surface area contributed by atoms with E-state index in [0.29, 0.717) is 34.3 Å². The van der Waals surface area contributed by atoms with E-state index in [-0.39, 0.29) is 25.7 Å². The largest absolute Gasteiger partial charge is 0.454 e. The van der Waals surface area contributed by atoms with Crippen LogP contribution in [0.4, 0.5) is 11.4 Å². The monoisotopic (exact) mass is 424 g/mol. The Labute approximate surface area is 169 Å². The molecule has 1 aliphatic heterocycles. The number of nitrogens with zero attached hydrogens (tertiary/aromatic N) is 1. The van der Waals surface area contributed by atoms with E-state index in [1.807, 2.05) is 13.0 Å². The van der Waals surface area contributed by atoms with Crippen LogP contribution in [-0.4, -0.2) is 33.9 Å². The van der Waals surface area contributed by atoms with Gasteiger partial charge in [-0.2, -0.15) is 0 Å². The molecule has 9 heteroatoms. The third-order valence-corrected chi connectivity index (χ3v) is 5.87. The first kappa shape index (κ1) is 20.3. The van der Waals surface area contributed by atoms with E-state index in [1.54, 1.807) is 30.3 Å². The molecule has 0 saturated carbocycles. The maximum absolute atomic E-state index is 12.2. The highest BCUT2D eigenvalue weighted by Gasteiger charge is 2.21. The van der Waals surface area contributed by atoms with Gasteiger partial charge in [-0.25, -0.2) is 8.42 Å². The number of hydrogen-bond donors (Lipinski definition) is 1. The first-order valence-electron chi connectivity index (χ1n) is 8.67. The van der Waals surface area contributed by atoms with E-state index in [1.165, 1.54) is 4.31 Å². The number of carbonyl (C=O) groups excluding carboxylic acids is 1. The number of ether oxygens (including phenoxy) is 2. The van der Waals surface area contributed by atoms with Crippen LogP contribution in [0.3, 0.4) is 0 Å². The molecule has 2 aromatic rings. The number of halogens is 1. The average Bonchev–Trinajstić information content (AvgIpc) is 3.08. The molecule has 150 valence electrons. The summed E-state index contributed by atoms with van der Waals surface area (Å²) in [6.45, 7) is 2.16. The molecule has 1 heterocycles. The summed E-state index contributed by atoms with van der Waals surface area (Å²) in [6.07, 6.45) is 1.65. The van der Waals surface area contributed by atoms with Gasteiger partial charge in [-0.3, -0.25) is 9.10 Å². The van der Waals surface area contributed by atoms with Crippen molar-refractivity contribution in [3.63, 3.8) is 0 Å². The number of benzene rings is 2. The Morgan fingerprint density at radius 1 is 1.18 bits per heavy atom. The van der Waals surface area contributed by atoms with Crippen molar-refractivity contribution in [1.82, 2.24) is 0 Å². The first-order chi connectivity index (χ1) is 13.2. The highest BCUT2D eigenvalue weighted by atomic mass is 35.5. The number of carbonyl (C=O) groups is 1. The van der Waals surface area contributed by atoms with E-state index < -0.39 is 10.0 Å². The third-order valence-electron chi connectivity index (χ3n) is 4.27.